The highest BCUT2D eigenvalue weighted by atomic mass is 32.1. The van der Waals surface area contributed by atoms with E-state index < -0.39 is 0 Å². The Bertz CT molecular complexity index is 556. The van der Waals surface area contributed by atoms with Gasteiger partial charge in [-0.1, -0.05) is 0 Å². The molecule has 1 fully saturated rings. The van der Waals surface area contributed by atoms with Crippen LogP contribution in [0.2, 0.25) is 0 Å². The number of rotatable bonds is 7. The number of aromatic nitrogens is 2. The van der Waals surface area contributed by atoms with Crippen molar-refractivity contribution in [2.24, 2.45) is 5.92 Å². The van der Waals surface area contributed by atoms with Crippen LogP contribution in [0, 0.1) is 19.8 Å². The minimum atomic E-state index is 0.806. The van der Waals surface area contributed by atoms with E-state index in [0.29, 0.717) is 0 Å². The average molecular weight is 279 g/mol. The van der Waals surface area contributed by atoms with Crippen LogP contribution in [0.4, 0.5) is 0 Å². The quantitative estimate of drug-likeness (QED) is 0.792. The minimum Gasteiger partial charge on any atom is -0.380 e. The summed E-state index contributed by atoms with van der Waals surface area (Å²) in [7, 11) is 0. The zero-order chi connectivity index (χ0) is 13.2. The lowest BCUT2D eigenvalue weighted by atomic mass is 10.3. The first-order valence-electron chi connectivity index (χ1n) is 6.96. The zero-order valence-electron chi connectivity index (χ0n) is 11.6. The van der Waals surface area contributed by atoms with Crippen LogP contribution < -0.4 is 5.32 Å². The maximum Gasteiger partial charge on any atom is 0.194 e. The molecule has 1 N–H and O–H groups in total. The lowest BCUT2D eigenvalue weighted by Gasteiger charge is -2.07. The van der Waals surface area contributed by atoms with Gasteiger partial charge in [0.05, 0.1) is 18.0 Å². The van der Waals surface area contributed by atoms with Gasteiger partial charge >= 0.3 is 0 Å². The van der Waals surface area contributed by atoms with Crippen molar-refractivity contribution in [3.63, 3.8) is 0 Å². The minimum absolute atomic E-state index is 0.806. The summed E-state index contributed by atoms with van der Waals surface area (Å²) in [6.45, 7) is 7.73. The highest BCUT2D eigenvalue weighted by Crippen LogP contribution is 2.28. The van der Waals surface area contributed by atoms with Gasteiger partial charge in [0.25, 0.3) is 0 Å². The van der Waals surface area contributed by atoms with Crippen molar-refractivity contribution in [3.05, 3.63) is 22.5 Å². The van der Waals surface area contributed by atoms with Crippen LogP contribution in [0.15, 0.2) is 5.38 Å². The van der Waals surface area contributed by atoms with E-state index in [-0.39, 0.29) is 0 Å². The fourth-order valence-electron chi connectivity index (χ4n) is 2.26. The molecule has 0 atom stereocenters. The molecule has 0 unspecified atom stereocenters. The highest BCUT2D eigenvalue weighted by molar-refractivity contribution is 7.15. The van der Waals surface area contributed by atoms with Gasteiger partial charge in [-0.3, -0.25) is 4.40 Å². The number of hydrogen-bond acceptors (Lipinski definition) is 4. The van der Waals surface area contributed by atoms with Crippen molar-refractivity contribution in [2.45, 2.75) is 33.2 Å². The molecule has 2 aromatic heterocycles. The van der Waals surface area contributed by atoms with Gasteiger partial charge in [0.1, 0.15) is 0 Å². The number of ether oxygens (including phenoxy) is 1. The van der Waals surface area contributed by atoms with E-state index in [2.05, 4.69) is 33.9 Å². The Morgan fingerprint density at radius 1 is 1.47 bits per heavy atom. The molecule has 0 aromatic carbocycles. The molecule has 2 aromatic rings. The first-order chi connectivity index (χ1) is 9.25. The van der Waals surface area contributed by atoms with Crippen LogP contribution in [-0.2, 0) is 11.3 Å². The Morgan fingerprint density at radius 3 is 3.11 bits per heavy atom. The van der Waals surface area contributed by atoms with E-state index in [1.807, 2.05) is 0 Å². The second-order valence-corrected chi connectivity index (χ2v) is 6.17. The van der Waals surface area contributed by atoms with Crippen LogP contribution in [0.5, 0.6) is 0 Å². The zero-order valence-corrected chi connectivity index (χ0v) is 12.4. The summed E-state index contributed by atoms with van der Waals surface area (Å²) in [4.78, 5) is 5.68. The molecule has 0 bridgehead atoms. The lowest BCUT2D eigenvalue weighted by molar-refractivity contribution is 0.126. The Labute approximate surface area is 117 Å². The lowest BCUT2D eigenvalue weighted by Crippen LogP contribution is -2.21. The van der Waals surface area contributed by atoms with Crippen molar-refractivity contribution in [1.29, 1.82) is 0 Å². The van der Waals surface area contributed by atoms with E-state index in [9.17, 15) is 0 Å². The number of nitrogens with zero attached hydrogens (tertiary/aromatic N) is 2. The van der Waals surface area contributed by atoms with Crippen LogP contribution in [0.3, 0.4) is 0 Å². The Kier molecular flexibility index (Phi) is 3.86. The van der Waals surface area contributed by atoms with E-state index in [1.54, 1.807) is 11.3 Å². The molecule has 1 aliphatic carbocycles. The summed E-state index contributed by atoms with van der Waals surface area (Å²) in [5.74, 6) is 0.852. The van der Waals surface area contributed by atoms with Crippen molar-refractivity contribution in [2.75, 3.05) is 19.8 Å². The fourth-order valence-corrected chi connectivity index (χ4v) is 3.19. The first-order valence-corrected chi connectivity index (χ1v) is 7.84. The normalized spacial score (nSPS) is 15.5. The second-order valence-electron chi connectivity index (χ2n) is 5.33. The van der Waals surface area contributed by atoms with E-state index in [1.165, 1.54) is 24.2 Å². The monoisotopic (exact) mass is 279 g/mol. The summed E-state index contributed by atoms with van der Waals surface area (Å²) in [5.41, 5.74) is 3.67. The van der Waals surface area contributed by atoms with Gasteiger partial charge in [-0.05, 0) is 32.6 Å². The van der Waals surface area contributed by atoms with Crippen molar-refractivity contribution in [3.8, 4) is 0 Å². The second kappa shape index (κ2) is 5.61. The number of aryl methyl sites for hydroxylation is 2. The van der Waals surface area contributed by atoms with Gasteiger partial charge in [0, 0.05) is 30.8 Å². The molecule has 0 radical (unpaired) electrons. The molecule has 1 saturated carbocycles. The number of fused-ring (bicyclic) bond motifs is 1. The first kappa shape index (κ1) is 13.1. The maximum atomic E-state index is 5.62. The summed E-state index contributed by atoms with van der Waals surface area (Å²) >= 11 is 1.71. The number of nitrogens with one attached hydrogen (secondary N) is 1. The number of hydrogen-bond donors (Lipinski definition) is 1. The van der Waals surface area contributed by atoms with Crippen molar-refractivity contribution in [1.82, 2.24) is 14.7 Å². The Hall–Kier alpha value is -0.910. The van der Waals surface area contributed by atoms with Gasteiger partial charge < -0.3 is 10.1 Å². The Balaban J connectivity index is 1.49. The standard InChI is InChI=1S/C14H21N3OS/c1-10-9-19-14-16-11(2)13(17(10)14)7-15-5-6-18-8-12-3-4-12/h9,12,15H,3-8H2,1-2H3. The molecule has 3 rings (SSSR count). The fraction of sp³-hybridized carbons (Fsp3) is 0.643. The summed E-state index contributed by atoms with van der Waals surface area (Å²) in [5, 5.41) is 5.61. The summed E-state index contributed by atoms with van der Waals surface area (Å²) in [6, 6.07) is 0. The third-order valence-electron chi connectivity index (χ3n) is 3.60. The van der Waals surface area contributed by atoms with Gasteiger partial charge in [-0.15, -0.1) is 11.3 Å². The molecule has 2 heterocycles. The maximum absolute atomic E-state index is 5.62. The van der Waals surface area contributed by atoms with Crippen LogP contribution >= 0.6 is 11.3 Å². The van der Waals surface area contributed by atoms with Crippen LogP contribution in [-0.4, -0.2) is 29.1 Å². The topological polar surface area (TPSA) is 38.6 Å². The average Bonchev–Trinajstić information content (AvgIpc) is 3.07. The molecule has 0 saturated heterocycles. The van der Waals surface area contributed by atoms with Crippen LogP contribution in [0.25, 0.3) is 4.96 Å². The Morgan fingerprint density at radius 2 is 2.32 bits per heavy atom. The predicted molar refractivity (Wildman–Crippen MR) is 77.8 cm³/mol. The SMILES string of the molecule is Cc1nc2scc(C)n2c1CNCCOCC1CC1. The summed E-state index contributed by atoms with van der Waals surface area (Å²) in [6.07, 6.45) is 2.72. The third-order valence-corrected chi connectivity index (χ3v) is 4.54. The van der Waals surface area contributed by atoms with Crippen molar-refractivity contribution < 1.29 is 4.74 Å². The molecular formula is C14H21N3OS. The van der Waals surface area contributed by atoms with E-state index in [0.717, 1.165) is 42.9 Å². The molecular weight excluding hydrogens is 258 g/mol. The molecule has 19 heavy (non-hydrogen) atoms. The molecule has 0 aliphatic heterocycles. The summed E-state index contributed by atoms with van der Waals surface area (Å²) < 4.78 is 7.87. The van der Waals surface area contributed by atoms with Gasteiger partial charge in [0.15, 0.2) is 4.96 Å². The van der Waals surface area contributed by atoms with E-state index in [4.69, 9.17) is 4.74 Å². The third kappa shape index (κ3) is 2.99. The number of thiazole rings is 1. The van der Waals surface area contributed by atoms with E-state index >= 15 is 0 Å². The van der Waals surface area contributed by atoms with Crippen LogP contribution in [0.1, 0.15) is 29.9 Å². The van der Waals surface area contributed by atoms with Crippen molar-refractivity contribution >= 4 is 16.3 Å². The smallest absolute Gasteiger partial charge is 0.194 e. The molecule has 1 aliphatic rings. The number of imidazole rings is 1. The largest absolute Gasteiger partial charge is 0.380 e. The predicted octanol–water partition coefficient (Wildman–Crippen LogP) is 2.53. The highest BCUT2D eigenvalue weighted by Gasteiger charge is 2.20. The molecule has 5 heteroatoms. The van der Waals surface area contributed by atoms with Gasteiger partial charge in [-0.2, -0.15) is 0 Å². The molecule has 0 amide bonds. The molecule has 104 valence electrons. The van der Waals surface area contributed by atoms with Gasteiger partial charge in [-0.25, -0.2) is 4.98 Å². The molecule has 4 nitrogen and oxygen atoms in total. The molecule has 0 spiro atoms. The van der Waals surface area contributed by atoms with Gasteiger partial charge in [0.2, 0.25) is 0 Å².